The third kappa shape index (κ3) is 3.98. The largest absolute Gasteiger partial charge is 0.478 e. The molecule has 1 atom stereocenters. The number of benzene rings is 2. The number of carbonyl (C=O) groups is 1. The summed E-state index contributed by atoms with van der Waals surface area (Å²) in [6, 6.07) is 11.0. The second-order valence-electron chi connectivity index (χ2n) is 7.94. The zero-order chi connectivity index (χ0) is 23.9. The summed E-state index contributed by atoms with van der Waals surface area (Å²) in [5, 5.41) is 12.4. The number of carboxylic acids is 1. The molecule has 1 aromatic heterocycles. The van der Waals surface area contributed by atoms with Gasteiger partial charge in [-0.05, 0) is 62.2 Å². The zero-order valence-electron chi connectivity index (χ0n) is 18.4. The molecule has 1 unspecified atom stereocenters. The minimum atomic E-state index is -1.56. The van der Waals surface area contributed by atoms with Crippen molar-refractivity contribution in [1.29, 1.82) is 0 Å². The summed E-state index contributed by atoms with van der Waals surface area (Å²) >= 11 is 0. The average molecular weight is 448 g/mol. The van der Waals surface area contributed by atoms with Gasteiger partial charge >= 0.3 is 5.97 Å². The Labute approximate surface area is 190 Å². The lowest BCUT2D eigenvalue weighted by molar-refractivity contribution is 0.0691. The molecule has 0 bridgehead atoms. The Morgan fingerprint density at radius 3 is 2.61 bits per heavy atom. The van der Waals surface area contributed by atoms with Crippen LogP contribution in [-0.4, -0.2) is 16.1 Å². The molecule has 5 nitrogen and oxygen atoms in total. The first kappa shape index (κ1) is 22.2. The Kier molecular flexibility index (Phi) is 5.72. The number of carboxylic acid groups (broad SMARTS) is 1. The number of aromatic carboxylic acids is 1. The summed E-state index contributed by atoms with van der Waals surface area (Å²) in [5.74, 6) is -3.07. The first-order chi connectivity index (χ1) is 15.7. The molecular weight excluding hydrogens is 426 g/mol. The quantitative estimate of drug-likeness (QED) is 0.474. The van der Waals surface area contributed by atoms with E-state index >= 15 is 0 Å². The maximum Gasteiger partial charge on any atom is 0.340 e. The van der Waals surface area contributed by atoms with Gasteiger partial charge in [-0.25, -0.2) is 13.6 Å². The minimum Gasteiger partial charge on any atom is -0.478 e. The number of allylic oxidation sites excluding steroid dienone is 2. The van der Waals surface area contributed by atoms with Crippen LogP contribution < -0.4 is 10.1 Å². The van der Waals surface area contributed by atoms with Gasteiger partial charge in [-0.15, -0.1) is 0 Å². The molecule has 2 N–H and O–H groups in total. The van der Waals surface area contributed by atoms with E-state index in [2.05, 4.69) is 16.9 Å². The first-order valence-electron chi connectivity index (χ1n) is 10.3. The van der Waals surface area contributed by atoms with Gasteiger partial charge in [-0.2, -0.15) is 0 Å². The maximum absolute atomic E-state index is 14.2. The van der Waals surface area contributed by atoms with E-state index in [1.165, 1.54) is 6.07 Å². The van der Waals surface area contributed by atoms with Gasteiger partial charge in [0.1, 0.15) is 17.0 Å². The number of anilines is 1. The smallest absolute Gasteiger partial charge is 0.340 e. The van der Waals surface area contributed by atoms with E-state index < -0.39 is 29.2 Å². The van der Waals surface area contributed by atoms with Gasteiger partial charge in [0.25, 0.3) is 0 Å². The standard InChI is InChI=1S/C26H22F2N2O3/c1-13-11-17-14(2)15(3)24(21-7-5-6-10-29-21)33-25(17)18(12-13)16(4)30-20-9-8-19(27)23(28)22(20)26(31)32/h5-12,16,30H,2H2,1,3-4H3,(H,31,32). The summed E-state index contributed by atoms with van der Waals surface area (Å²) in [7, 11) is 0. The van der Waals surface area contributed by atoms with E-state index in [0.29, 0.717) is 22.8 Å². The number of aromatic nitrogens is 1. The van der Waals surface area contributed by atoms with Crippen LogP contribution in [0.4, 0.5) is 14.5 Å². The van der Waals surface area contributed by atoms with Crippen molar-refractivity contribution in [2.75, 3.05) is 5.32 Å². The summed E-state index contributed by atoms with van der Waals surface area (Å²) < 4.78 is 34.2. The number of nitrogens with zero attached hydrogens (tertiary/aromatic N) is 1. The van der Waals surface area contributed by atoms with Crippen LogP contribution in [0.15, 0.2) is 60.8 Å². The average Bonchev–Trinajstić information content (AvgIpc) is 2.79. The second kappa shape index (κ2) is 8.50. The van der Waals surface area contributed by atoms with Crippen LogP contribution >= 0.6 is 0 Å². The number of hydrogen-bond acceptors (Lipinski definition) is 4. The molecular formula is C26H22F2N2O3. The summed E-state index contributed by atoms with van der Waals surface area (Å²) in [6.45, 7) is 9.88. The topological polar surface area (TPSA) is 71.5 Å². The van der Waals surface area contributed by atoms with Gasteiger partial charge in [-0.1, -0.05) is 18.7 Å². The molecule has 7 heteroatoms. The number of nitrogens with one attached hydrogen (secondary N) is 1. The summed E-state index contributed by atoms with van der Waals surface area (Å²) in [5.41, 5.74) is 3.98. The molecule has 3 aromatic rings. The van der Waals surface area contributed by atoms with E-state index in [4.69, 9.17) is 4.74 Å². The Bertz CT molecular complexity index is 1320. The molecule has 168 valence electrons. The molecule has 4 rings (SSSR count). The lowest BCUT2D eigenvalue weighted by Gasteiger charge is -2.28. The molecule has 0 fully saturated rings. The van der Waals surface area contributed by atoms with Crippen LogP contribution in [0.3, 0.4) is 0 Å². The zero-order valence-corrected chi connectivity index (χ0v) is 18.4. The first-order valence-corrected chi connectivity index (χ1v) is 10.3. The van der Waals surface area contributed by atoms with Crippen molar-refractivity contribution >= 4 is 23.0 Å². The van der Waals surface area contributed by atoms with E-state index in [-0.39, 0.29) is 5.69 Å². The minimum absolute atomic E-state index is 0.0320. The van der Waals surface area contributed by atoms with Gasteiger partial charge in [0.2, 0.25) is 0 Å². The monoisotopic (exact) mass is 448 g/mol. The second-order valence-corrected chi connectivity index (χ2v) is 7.94. The van der Waals surface area contributed by atoms with Crippen LogP contribution in [-0.2, 0) is 0 Å². The lowest BCUT2D eigenvalue weighted by atomic mass is 9.90. The molecule has 0 aliphatic carbocycles. The molecule has 0 spiro atoms. The lowest BCUT2D eigenvalue weighted by Crippen LogP contribution is -2.16. The highest BCUT2D eigenvalue weighted by Crippen LogP contribution is 2.45. The number of fused-ring (bicyclic) bond motifs is 1. The molecule has 1 aliphatic heterocycles. The highest BCUT2D eigenvalue weighted by Gasteiger charge is 2.28. The van der Waals surface area contributed by atoms with Crippen molar-refractivity contribution in [3.05, 3.63) is 100 Å². The van der Waals surface area contributed by atoms with Crippen LogP contribution in [0.2, 0.25) is 0 Å². The Hall–Kier alpha value is -4.00. The van der Waals surface area contributed by atoms with Gasteiger partial charge in [0, 0.05) is 22.9 Å². The van der Waals surface area contributed by atoms with Crippen molar-refractivity contribution in [3.8, 4) is 5.75 Å². The van der Waals surface area contributed by atoms with Crippen LogP contribution in [0.25, 0.3) is 11.3 Å². The predicted molar refractivity (Wildman–Crippen MR) is 123 cm³/mol. The Morgan fingerprint density at radius 2 is 1.94 bits per heavy atom. The third-order valence-corrected chi connectivity index (χ3v) is 5.63. The molecule has 0 radical (unpaired) electrons. The summed E-state index contributed by atoms with van der Waals surface area (Å²) in [4.78, 5) is 16.0. The van der Waals surface area contributed by atoms with Crippen LogP contribution in [0, 0.1) is 18.6 Å². The van der Waals surface area contributed by atoms with Gasteiger partial charge in [0.15, 0.2) is 17.4 Å². The molecule has 2 aromatic carbocycles. The van der Waals surface area contributed by atoms with Gasteiger partial charge in [-0.3, -0.25) is 4.98 Å². The highest BCUT2D eigenvalue weighted by molar-refractivity contribution is 5.95. The van der Waals surface area contributed by atoms with E-state index in [1.54, 1.807) is 13.1 Å². The molecule has 1 aliphatic rings. The van der Waals surface area contributed by atoms with Gasteiger partial charge in [0.05, 0.1) is 11.7 Å². The van der Waals surface area contributed by atoms with Crippen molar-refractivity contribution < 1.29 is 23.4 Å². The molecule has 0 saturated carbocycles. The number of rotatable bonds is 5. The molecule has 0 saturated heterocycles. The normalized spacial score (nSPS) is 13.9. The number of aryl methyl sites for hydroxylation is 1. The number of pyridine rings is 1. The van der Waals surface area contributed by atoms with Crippen molar-refractivity contribution in [1.82, 2.24) is 4.98 Å². The Morgan fingerprint density at radius 1 is 1.18 bits per heavy atom. The van der Waals surface area contributed by atoms with E-state index in [0.717, 1.165) is 28.3 Å². The fourth-order valence-corrected chi connectivity index (χ4v) is 3.91. The van der Waals surface area contributed by atoms with Crippen molar-refractivity contribution in [2.45, 2.75) is 26.8 Å². The van der Waals surface area contributed by atoms with E-state index in [1.807, 2.05) is 44.2 Å². The van der Waals surface area contributed by atoms with Crippen molar-refractivity contribution in [3.63, 3.8) is 0 Å². The molecule has 0 amide bonds. The number of halogens is 2. The van der Waals surface area contributed by atoms with Crippen LogP contribution in [0.1, 0.15) is 52.6 Å². The van der Waals surface area contributed by atoms with E-state index in [9.17, 15) is 18.7 Å². The Balaban J connectivity index is 1.78. The summed E-state index contributed by atoms with van der Waals surface area (Å²) in [6.07, 6.45) is 1.67. The SMILES string of the molecule is C=C1C(C)=C(c2ccccn2)Oc2c1cc(C)cc2C(C)Nc1ccc(F)c(F)c1C(=O)O. The fourth-order valence-electron chi connectivity index (χ4n) is 3.91. The maximum atomic E-state index is 14.2. The highest BCUT2D eigenvalue weighted by atomic mass is 19.2. The van der Waals surface area contributed by atoms with Crippen LogP contribution in [0.5, 0.6) is 5.75 Å². The molecule has 2 heterocycles. The third-order valence-electron chi connectivity index (χ3n) is 5.63. The predicted octanol–water partition coefficient (Wildman–Crippen LogP) is 6.38. The number of hydrogen-bond donors (Lipinski definition) is 2. The molecule has 33 heavy (non-hydrogen) atoms. The van der Waals surface area contributed by atoms with Gasteiger partial charge < -0.3 is 15.2 Å². The number of ether oxygens (including phenoxy) is 1. The van der Waals surface area contributed by atoms with Crippen molar-refractivity contribution in [2.24, 2.45) is 0 Å². The fraction of sp³-hybridized carbons (Fsp3) is 0.154.